The van der Waals surface area contributed by atoms with Crippen LogP contribution in [0.1, 0.15) is 73.2 Å². The predicted molar refractivity (Wildman–Crippen MR) is 130 cm³/mol. The summed E-state index contributed by atoms with van der Waals surface area (Å²) in [7, 11) is 0. The minimum absolute atomic E-state index is 0.0945. The fourth-order valence-corrected chi connectivity index (χ4v) is 6.47. The van der Waals surface area contributed by atoms with Gasteiger partial charge in [0.15, 0.2) is 0 Å². The van der Waals surface area contributed by atoms with Gasteiger partial charge < -0.3 is 15.1 Å². The van der Waals surface area contributed by atoms with Crippen LogP contribution >= 0.6 is 0 Å². The van der Waals surface area contributed by atoms with Crippen molar-refractivity contribution in [2.24, 2.45) is 11.3 Å². The van der Waals surface area contributed by atoms with Crippen LogP contribution in [-0.4, -0.2) is 73.3 Å². The summed E-state index contributed by atoms with van der Waals surface area (Å²) in [6.45, 7) is 7.57. The summed E-state index contributed by atoms with van der Waals surface area (Å²) < 4.78 is 0. The topological polar surface area (TPSA) is 81.8 Å². The number of likely N-dealkylation sites (tertiary alicyclic amines) is 1. The lowest BCUT2D eigenvalue weighted by Gasteiger charge is -2.46. The van der Waals surface area contributed by atoms with Crippen LogP contribution in [0.3, 0.4) is 0 Å². The highest BCUT2D eigenvalue weighted by Crippen LogP contribution is 2.46. The van der Waals surface area contributed by atoms with E-state index >= 15 is 0 Å². The van der Waals surface area contributed by atoms with Gasteiger partial charge in [-0.3, -0.25) is 19.7 Å². The molecule has 1 spiro atoms. The molecule has 2 N–H and O–H groups in total. The van der Waals surface area contributed by atoms with Crippen LogP contribution in [0.15, 0.2) is 24.3 Å². The van der Waals surface area contributed by atoms with Crippen LogP contribution in [-0.2, 0) is 9.59 Å². The number of benzene rings is 1. The van der Waals surface area contributed by atoms with E-state index in [4.69, 9.17) is 0 Å². The molecule has 1 aromatic carbocycles. The van der Waals surface area contributed by atoms with E-state index in [2.05, 4.69) is 15.5 Å². The van der Waals surface area contributed by atoms with Gasteiger partial charge in [-0.2, -0.15) is 0 Å². The van der Waals surface area contributed by atoms with Crippen molar-refractivity contribution in [3.05, 3.63) is 35.4 Å². The van der Waals surface area contributed by atoms with Gasteiger partial charge in [-0.15, -0.1) is 0 Å². The second kappa shape index (κ2) is 10.2. The largest absolute Gasteiger partial charge is 0.339 e. The highest BCUT2D eigenvalue weighted by molar-refractivity contribution is 6.01. The van der Waals surface area contributed by atoms with Crippen LogP contribution in [0, 0.1) is 11.3 Å². The van der Waals surface area contributed by atoms with Crippen LogP contribution in [0.25, 0.3) is 0 Å². The Balaban J connectivity index is 1.11. The Morgan fingerprint density at radius 2 is 1.59 bits per heavy atom. The number of amides is 3. The molecule has 5 rings (SSSR count). The average molecular weight is 467 g/mol. The van der Waals surface area contributed by atoms with E-state index in [-0.39, 0.29) is 23.6 Å². The number of carbonyl (C=O) groups is 3. The van der Waals surface area contributed by atoms with Crippen molar-refractivity contribution in [1.82, 2.24) is 20.4 Å². The number of carbonyl (C=O) groups excluding carboxylic acids is 3. The molecule has 0 aromatic heterocycles. The van der Waals surface area contributed by atoms with Gasteiger partial charge in [-0.05, 0) is 74.0 Å². The molecule has 7 nitrogen and oxygen atoms in total. The second-order valence-electron chi connectivity index (χ2n) is 10.9. The van der Waals surface area contributed by atoms with Gasteiger partial charge in [0, 0.05) is 57.8 Å². The number of hydrogen-bond acceptors (Lipinski definition) is 5. The molecule has 3 amide bonds. The molecule has 4 fully saturated rings. The van der Waals surface area contributed by atoms with E-state index in [0.29, 0.717) is 23.8 Å². The van der Waals surface area contributed by atoms with E-state index < -0.39 is 0 Å². The summed E-state index contributed by atoms with van der Waals surface area (Å²) in [5, 5.41) is 5.85. The Morgan fingerprint density at radius 1 is 0.912 bits per heavy atom. The Kier molecular flexibility index (Phi) is 7.02. The fourth-order valence-electron chi connectivity index (χ4n) is 6.47. The number of hydrogen-bond donors (Lipinski definition) is 2. The van der Waals surface area contributed by atoms with Crippen LogP contribution in [0.4, 0.5) is 0 Å². The third kappa shape index (κ3) is 5.20. The van der Waals surface area contributed by atoms with Crippen molar-refractivity contribution in [1.29, 1.82) is 0 Å². The molecular weight excluding hydrogens is 428 g/mol. The van der Waals surface area contributed by atoms with Gasteiger partial charge in [0.05, 0.1) is 5.92 Å². The quantitative estimate of drug-likeness (QED) is 0.667. The summed E-state index contributed by atoms with van der Waals surface area (Å²) in [4.78, 5) is 41.3. The Bertz CT molecular complexity index is 891. The van der Waals surface area contributed by atoms with Crippen molar-refractivity contribution in [2.45, 2.75) is 57.3 Å². The highest BCUT2D eigenvalue weighted by atomic mass is 16.2. The summed E-state index contributed by atoms with van der Waals surface area (Å²) >= 11 is 0. The summed E-state index contributed by atoms with van der Waals surface area (Å²) in [5.74, 6) is 0.185. The van der Waals surface area contributed by atoms with Gasteiger partial charge in [0.2, 0.25) is 11.8 Å². The van der Waals surface area contributed by atoms with Gasteiger partial charge in [0.1, 0.15) is 0 Å². The lowest BCUT2D eigenvalue weighted by atomic mass is 9.65. The zero-order chi connectivity index (χ0) is 23.5. The first kappa shape index (κ1) is 23.5. The summed E-state index contributed by atoms with van der Waals surface area (Å²) in [6.07, 6.45) is 8.42. The highest BCUT2D eigenvalue weighted by Gasteiger charge is 2.39. The van der Waals surface area contributed by atoms with E-state index in [1.807, 2.05) is 29.2 Å². The molecular formula is C27H38N4O3. The molecule has 7 heteroatoms. The normalized spacial score (nSPS) is 26.5. The van der Waals surface area contributed by atoms with Gasteiger partial charge >= 0.3 is 0 Å². The molecule has 3 saturated heterocycles. The van der Waals surface area contributed by atoms with Crippen molar-refractivity contribution in [2.75, 3.05) is 45.8 Å². The van der Waals surface area contributed by atoms with Gasteiger partial charge in [-0.25, -0.2) is 0 Å². The monoisotopic (exact) mass is 466 g/mol. The molecule has 0 radical (unpaired) electrons. The number of piperazine rings is 1. The minimum Gasteiger partial charge on any atom is -0.339 e. The van der Waals surface area contributed by atoms with Crippen LogP contribution in [0.2, 0.25) is 0 Å². The zero-order valence-electron chi connectivity index (χ0n) is 20.2. The fraction of sp³-hybridized carbons (Fsp3) is 0.667. The predicted octanol–water partition coefficient (Wildman–Crippen LogP) is 2.52. The first-order valence-corrected chi connectivity index (χ1v) is 13.2. The smallest absolute Gasteiger partial charge is 0.253 e. The molecule has 1 saturated carbocycles. The molecule has 184 valence electrons. The average Bonchev–Trinajstić information content (AvgIpc) is 2.87. The zero-order valence-corrected chi connectivity index (χ0v) is 20.2. The maximum atomic E-state index is 13.1. The maximum Gasteiger partial charge on any atom is 0.253 e. The van der Waals surface area contributed by atoms with Crippen LogP contribution < -0.4 is 10.6 Å². The first-order chi connectivity index (χ1) is 16.5. The van der Waals surface area contributed by atoms with Gasteiger partial charge in [0.25, 0.3) is 5.91 Å². The number of rotatable bonds is 4. The maximum absolute atomic E-state index is 13.1. The standard InChI is InChI=1S/C27H38N4O3/c32-24-6-5-23(25(33)29-24)21-1-3-22(4-2-21)26(34)31-15-11-27(12-16-31)9-7-20(8-10-27)19-30-17-13-28-14-18-30/h1-4,20,23,28H,5-19H2,(H,29,32,33). The number of imide groups is 1. The molecule has 0 bridgehead atoms. The van der Waals surface area contributed by atoms with E-state index in [1.165, 1.54) is 45.3 Å². The Hall–Kier alpha value is -2.25. The third-order valence-electron chi connectivity index (χ3n) is 8.80. The minimum atomic E-state index is -0.307. The van der Waals surface area contributed by atoms with Crippen molar-refractivity contribution >= 4 is 17.7 Å². The van der Waals surface area contributed by atoms with Gasteiger partial charge in [-0.1, -0.05) is 12.1 Å². The molecule has 34 heavy (non-hydrogen) atoms. The summed E-state index contributed by atoms with van der Waals surface area (Å²) in [5.41, 5.74) is 2.00. The van der Waals surface area contributed by atoms with Crippen molar-refractivity contribution in [3.8, 4) is 0 Å². The molecule has 1 unspecified atom stereocenters. The molecule has 4 aliphatic rings. The lowest BCUT2D eigenvalue weighted by Crippen LogP contribution is -2.47. The van der Waals surface area contributed by atoms with Crippen molar-refractivity contribution in [3.63, 3.8) is 0 Å². The SMILES string of the molecule is O=C1CCC(c2ccc(C(=O)N3CCC4(CCC(CN5CCNCC5)CC4)CC3)cc2)C(=O)N1. The number of piperidine rings is 2. The van der Waals surface area contributed by atoms with E-state index in [9.17, 15) is 14.4 Å². The van der Waals surface area contributed by atoms with Crippen molar-refractivity contribution < 1.29 is 14.4 Å². The molecule has 1 atom stereocenters. The molecule has 1 aromatic rings. The molecule has 1 aliphatic carbocycles. The third-order valence-corrected chi connectivity index (χ3v) is 8.80. The first-order valence-electron chi connectivity index (χ1n) is 13.2. The summed E-state index contributed by atoms with van der Waals surface area (Å²) in [6, 6.07) is 7.43. The Morgan fingerprint density at radius 3 is 2.24 bits per heavy atom. The number of nitrogens with zero attached hydrogens (tertiary/aromatic N) is 2. The lowest BCUT2D eigenvalue weighted by molar-refractivity contribution is -0.134. The molecule has 3 heterocycles. The van der Waals surface area contributed by atoms with E-state index in [1.54, 1.807) is 0 Å². The van der Waals surface area contributed by atoms with Crippen LogP contribution in [0.5, 0.6) is 0 Å². The number of nitrogens with one attached hydrogen (secondary N) is 2. The second-order valence-corrected chi connectivity index (χ2v) is 10.9. The molecule has 3 aliphatic heterocycles. The Labute approximate surface area is 202 Å². The van der Waals surface area contributed by atoms with E-state index in [0.717, 1.165) is 50.5 Å².